The molecular formula is C13H20F3IN2. The summed E-state index contributed by atoms with van der Waals surface area (Å²) >= 11 is 2.28. The number of halogens is 4. The smallest absolute Gasteiger partial charge is 0.295 e. The standard InChI is InChI=1S/C13H20F3IN2/c1-10-3-4-11(13(14,15)16)9-12(10,2)18-5-7-19(17)8-6-18/h4,10H,3,5-9H2,1-2H3. The Hall–Kier alpha value is 0.180. The lowest BCUT2D eigenvalue weighted by Gasteiger charge is -2.50. The Labute approximate surface area is 126 Å². The van der Waals surface area contributed by atoms with Crippen LogP contribution >= 0.6 is 22.9 Å². The van der Waals surface area contributed by atoms with E-state index in [1.165, 1.54) is 6.08 Å². The van der Waals surface area contributed by atoms with Gasteiger partial charge in [0.1, 0.15) is 0 Å². The van der Waals surface area contributed by atoms with Crippen molar-refractivity contribution in [2.24, 2.45) is 5.92 Å². The van der Waals surface area contributed by atoms with E-state index in [1.807, 2.05) is 6.92 Å². The minimum atomic E-state index is -4.17. The molecule has 19 heavy (non-hydrogen) atoms. The molecule has 0 aromatic rings. The van der Waals surface area contributed by atoms with Crippen LogP contribution in [0.5, 0.6) is 0 Å². The highest BCUT2D eigenvalue weighted by Gasteiger charge is 2.46. The van der Waals surface area contributed by atoms with Crippen molar-refractivity contribution in [2.45, 2.75) is 38.4 Å². The van der Waals surface area contributed by atoms with Gasteiger partial charge in [0.25, 0.3) is 0 Å². The predicted molar refractivity (Wildman–Crippen MR) is 78.1 cm³/mol. The molecule has 1 heterocycles. The molecule has 0 N–H and O–H groups in total. The maximum Gasteiger partial charge on any atom is 0.412 e. The molecular weight excluding hydrogens is 368 g/mol. The van der Waals surface area contributed by atoms with Gasteiger partial charge in [-0.2, -0.15) is 13.2 Å². The first-order valence-electron chi connectivity index (χ1n) is 6.65. The molecule has 0 aromatic heterocycles. The summed E-state index contributed by atoms with van der Waals surface area (Å²) in [6, 6.07) is 0. The van der Waals surface area contributed by atoms with Crippen LogP contribution < -0.4 is 0 Å². The maximum atomic E-state index is 12.9. The van der Waals surface area contributed by atoms with E-state index < -0.39 is 6.18 Å². The normalized spacial score (nSPS) is 35.3. The molecule has 1 saturated heterocycles. The summed E-state index contributed by atoms with van der Waals surface area (Å²) in [5.74, 6) is 0.263. The molecule has 0 bridgehead atoms. The Morgan fingerprint density at radius 2 is 1.84 bits per heavy atom. The largest absolute Gasteiger partial charge is 0.412 e. The molecule has 2 unspecified atom stereocenters. The van der Waals surface area contributed by atoms with Crippen LogP contribution in [-0.2, 0) is 0 Å². The van der Waals surface area contributed by atoms with E-state index in [4.69, 9.17) is 0 Å². The minimum Gasteiger partial charge on any atom is -0.295 e. The van der Waals surface area contributed by atoms with E-state index in [1.54, 1.807) is 0 Å². The molecule has 2 atom stereocenters. The van der Waals surface area contributed by atoms with Gasteiger partial charge in [-0.05, 0) is 25.7 Å². The van der Waals surface area contributed by atoms with Gasteiger partial charge in [-0.25, -0.2) is 3.11 Å². The van der Waals surface area contributed by atoms with Crippen LogP contribution in [0.1, 0.15) is 26.7 Å². The number of rotatable bonds is 1. The number of hydrogen-bond acceptors (Lipinski definition) is 2. The summed E-state index contributed by atoms with van der Waals surface area (Å²) in [7, 11) is 0. The second-order valence-electron chi connectivity index (χ2n) is 5.79. The fraction of sp³-hybridized carbons (Fsp3) is 0.846. The van der Waals surface area contributed by atoms with Crippen molar-refractivity contribution < 1.29 is 13.2 Å². The van der Waals surface area contributed by atoms with E-state index in [9.17, 15) is 13.2 Å². The molecule has 0 amide bonds. The zero-order valence-electron chi connectivity index (χ0n) is 11.3. The number of allylic oxidation sites excluding steroid dienone is 1. The average Bonchev–Trinajstić information content (AvgIpc) is 2.32. The van der Waals surface area contributed by atoms with Gasteiger partial charge in [0, 0.05) is 60.2 Å². The van der Waals surface area contributed by atoms with Crippen LogP contribution in [0.2, 0.25) is 0 Å². The molecule has 110 valence electrons. The summed E-state index contributed by atoms with van der Waals surface area (Å²) in [5.41, 5.74) is -0.706. The summed E-state index contributed by atoms with van der Waals surface area (Å²) in [5, 5.41) is 0. The van der Waals surface area contributed by atoms with Crippen LogP contribution in [0.25, 0.3) is 0 Å². The lowest BCUT2D eigenvalue weighted by molar-refractivity contribution is -0.104. The van der Waals surface area contributed by atoms with E-state index >= 15 is 0 Å². The molecule has 1 aliphatic carbocycles. The van der Waals surface area contributed by atoms with Crippen molar-refractivity contribution in [3.63, 3.8) is 0 Å². The number of hydrogen-bond donors (Lipinski definition) is 0. The summed E-state index contributed by atoms with van der Waals surface area (Å²) in [4.78, 5) is 2.26. The van der Waals surface area contributed by atoms with Crippen LogP contribution in [0, 0.1) is 5.92 Å². The van der Waals surface area contributed by atoms with Gasteiger partial charge in [0.15, 0.2) is 0 Å². The number of piperazine rings is 1. The monoisotopic (exact) mass is 388 g/mol. The van der Waals surface area contributed by atoms with Gasteiger partial charge >= 0.3 is 6.18 Å². The van der Waals surface area contributed by atoms with Crippen molar-refractivity contribution in [3.05, 3.63) is 11.6 Å². The first-order chi connectivity index (χ1) is 8.73. The van der Waals surface area contributed by atoms with E-state index in [2.05, 4.69) is 37.8 Å². The van der Waals surface area contributed by atoms with Gasteiger partial charge in [-0.1, -0.05) is 13.0 Å². The molecule has 0 saturated carbocycles. The maximum absolute atomic E-state index is 12.9. The molecule has 2 aliphatic rings. The molecule has 1 fully saturated rings. The van der Waals surface area contributed by atoms with E-state index in [0.29, 0.717) is 6.42 Å². The Balaban J connectivity index is 2.15. The van der Waals surface area contributed by atoms with Crippen molar-refractivity contribution >= 4 is 22.9 Å². The lowest BCUT2D eigenvalue weighted by atomic mass is 9.73. The summed E-state index contributed by atoms with van der Waals surface area (Å²) in [6.45, 7) is 7.63. The molecule has 0 spiro atoms. The molecule has 2 rings (SSSR count). The highest BCUT2D eigenvalue weighted by atomic mass is 127. The summed E-state index contributed by atoms with van der Waals surface area (Å²) < 4.78 is 41.0. The van der Waals surface area contributed by atoms with Crippen LogP contribution in [0.3, 0.4) is 0 Å². The Morgan fingerprint density at radius 3 is 2.37 bits per heavy atom. The predicted octanol–water partition coefficient (Wildman–Crippen LogP) is 3.63. The lowest BCUT2D eigenvalue weighted by Crippen LogP contribution is -2.58. The number of nitrogens with zero attached hydrogens (tertiary/aromatic N) is 2. The zero-order valence-corrected chi connectivity index (χ0v) is 13.5. The molecule has 2 nitrogen and oxygen atoms in total. The molecule has 0 aromatic carbocycles. The van der Waals surface area contributed by atoms with Crippen molar-refractivity contribution in [3.8, 4) is 0 Å². The van der Waals surface area contributed by atoms with Gasteiger partial charge in [0.2, 0.25) is 0 Å². The quantitative estimate of drug-likeness (QED) is 0.385. The highest BCUT2D eigenvalue weighted by Crippen LogP contribution is 2.43. The van der Waals surface area contributed by atoms with Gasteiger partial charge < -0.3 is 0 Å². The molecule has 0 radical (unpaired) electrons. The van der Waals surface area contributed by atoms with Crippen LogP contribution in [0.4, 0.5) is 13.2 Å². The fourth-order valence-electron chi connectivity index (χ4n) is 3.04. The average molecular weight is 388 g/mol. The van der Waals surface area contributed by atoms with E-state index in [-0.39, 0.29) is 23.5 Å². The van der Waals surface area contributed by atoms with E-state index in [0.717, 1.165) is 26.2 Å². The second-order valence-corrected chi connectivity index (χ2v) is 7.16. The first kappa shape index (κ1) is 15.6. The van der Waals surface area contributed by atoms with Crippen molar-refractivity contribution in [1.82, 2.24) is 8.01 Å². The molecule has 6 heteroatoms. The second kappa shape index (κ2) is 5.52. The molecule has 1 aliphatic heterocycles. The van der Waals surface area contributed by atoms with Crippen LogP contribution in [0.15, 0.2) is 11.6 Å². The summed E-state index contributed by atoms with van der Waals surface area (Å²) in [6.07, 6.45) is -2.14. The van der Waals surface area contributed by atoms with Gasteiger partial charge in [0.05, 0.1) is 0 Å². The fourth-order valence-corrected chi connectivity index (χ4v) is 3.47. The topological polar surface area (TPSA) is 6.48 Å². The first-order valence-corrected chi connectivity index (χ1v) is 7.62. The SMILES string of the molecule is CC1CC=C(C(F)(F)F)CC1(C)N1CCN(I)CC1. The minimum absolute atomic E-state index is 0.124. The zero-order chi connectivity index (χ0) is 14.3. The van der Waals surface area contributed by atoms with Crippen molar-refractivity contribution in [2.75, 3.05) is 26.2 Å². The Kier molecular flexibility index (Phi) is 4.52. The van der Waals surface area contributed by atoms with Gasteiger partial charge in [-0.15, -0.1) is 0 Å². The Morgan fingerprint density at radius 1 is 1.26 bits per heavy atom. The Bertz CT molecular complexity index is 361. The van der Waals surface area contributed by atoms with Gasteiger partial charge in [-0.3, -0.25) is 4.90 Å². The van der Waals surface area contributed by atoms with Crippen molar-refractivity contribution in [1.29, 1.82) is 0 Å². The highest BCUT2D eigenvalue weighted by molar-refractivity contribution is 14.1. The third kappa shape index (κ3) is 3.26. The third-order valence-corrected chi connectivity index (χ3v) is 5.60. The van der Waals surface area contributed by atoms with Crippen LogP contribution in [-0.4, -0.2) is 45.9 Å². The number of alkyl halides is 3. The third-order valence-electron chi connectivity index (χ3n) is 4.64.